The molecule has 2 saturated carbocycles. The van der Waals surface area contributed by atoms with Crippen molar-refractivity contribution >= 4 is 9.52 Å². The summed E-state index contributed by atoms with van der Waals surface area (Å²) in [4.78, 5) is 0. The third-order valence-corrected chi connectivity index (χ3v) is 8.38. The van der Waals surface area contributed by atoms with Crippen LogP contribution >= 0.6 is 0 Å². The van der Waals surface area contributed by atoms with E-state index in [1.54, 1.807) is 0 Å². The van der Waals surface area contributed by atoms with Crippen LogP contribution in [0.25, 0.3) is 0 Å². The Kier molecular flexibility index (Phi) is 7.95. The molecule has 0 aromatic rings. The van der Waals surface area contributed by atoms with Gasteiger partial charge in [-0.2, -0.15) is 0 Å². The van der Waals surface area contributed by atoms with Gasteiger partial charge in [-0.25, -0.2) is 0 Å². The van der Waals surface area contributed by atoms with Crippen molar-refractivity contribution in [2.75, 3.05) is 7.11 Å². The maximum absolute atomic E-state index is 5.48. The van der Waals surface area contributed by atoms with E-state index >= 15 is 0 Å². The number of rotatable bonds is 6. The fourth-order valence-electron chi connectivity index (χ4n) is 4.30. The Balaban J connectivity index is 1.66. The molecule has 2 fully saturated rings. The summed E-state index contributed by atoms with van der Waals surface area (Å²) in [5.41, 5.74) is 1.61. The highest BCUT2D eigenvalue weighted by Gasteiger charge is 2.22. The van der Waals surface area contributed by atoms with E-state index in [9.17, 15) is 0 Å². The average Bonchev–Trinajstić information content (AvgIpc) is 2.56. The summed E-state index contributed by atoms with van der Waals surface area (Å²) in [5.74, 6) is 2.59. The highest BCUT2D eigenvalue weighted by molar-refractivity contribution is 6.39. The second-order valence-electron chi connectivity index (χ2n) is 7.65. The molecule has 22 heavy (non-hydrogen) atoms. The maximum atomic E-state index is 5.48. The Morgan fingerprint density at radius 3 is 1.73 bits per heavy atom. The third kappa shape index (κ3) is 6.04. The highest BCUT2D eigenvalue weighted by Crippen LogP contribution is 2.35. The summed E-state index contributed by atoms with van der Waals surface area (Å²) in [6, 6.07) is 0. The van der Waals surface area contributed by atoms with Crippen molar-refractivity contribution in [1.82, 2.24) is 0 Å². The van der Waals surface area contributed by atoms with Crippen molar-refractivity contribution < 1.29 is 4.74 Å². The van der Waals surface area contributed by atoms with Crippen LogP contribution in [0.4, 0.5) is 0 Å². The highest BCUT2D eigenvalue weighted by atomic mass is 28.2. The van der Waals surface area contributed by atoms with Gasteiger partial charge in [-0.3, -0.25) is 0 Å². The van der Waals surface area contributed by atoms with Crippen molar-refractivity contribution in [3.63, 3.8) is 0 Å². The first-order valence-corrected chi connectivity index (χ1v) is 11.2. The molecule has 0 amide bonds. The normalized spacial score (nSPS) is 35.8. The zero-order valence-corrected chi connectivity index (χ0v) is 16.4. The van der Waals surface area contributed by atoms with Crippen LogP contribution in [0.5, 0.6) is 0 Å². The van der Waals surface area contributed by atoms with Gasteiger partial charge >= 0.3 is 0 Å². The first kappa shape index (κ1) is 18.0. The van der Waals surface area contributed by atoms with E-state index in [-0.39, 0.29) is 9.52 Å². The van der Waals surface area contributed by atoms with Crippen molar-refractivity contribution in [3.8, 4) is 0 Å². The monoisotopic (exact) mass is 320 g/mol. The zero-order chi connectivity index (χ0) is 15.8. The Labute approximate surface area is 140 Å². The summed E-state index contributed by atoms with van der Waals surface area (Å²) < 4.78 is 5.48. The quantitative estimate of drug-likeness (QED) is 0.491. The first-order chi connectivity index (χ1) is 10.7. The predicted octanol–water partition coefficient (Wildman–Crippen LogP) is 5.07. The summed E-state index contributed by atoms with van der Waals surface area (Å²) in [6.45, 7) is 4.42. The van der Waals surface area contributed by atoms with Crippen LogP contribution in [-0.2, 0) is 4.74 Å². The fraction of sp³-hybridized carbons (Fsp3) is 0.800. The molecule has 0 heterocycles. The van der Waals surface area contributed by atoms with E-state index in [0.717, 1.165) is 23.3 Å². The van der Waals surface area contributed by atoms with Gasteiger partial charge < -0.3 is 4.74 Å². The molecule has 1 nitrogen and oxygen atoms in total. The van der Waals surface area contributed by atoms with Gasteiger partial charge in [0, 0.05) is 12.8 Å². The Bertz CT molecular complexity index is 347. The lowest BCUT2D eigenvalue weighted by molar-refractivity contribution is 0.176. The molecule has 1 atom stereocenters. The molecule has 2 rings (SSSR count). The van der Waals surface area contributed by atoms with E-state index < -0.39 is 0 Å². The van der Waals surface area contributed by atoms with Gasteiger partial charge in [-0.1, -0.05) is 37.1 Å². The van der Waals surface area contributed by atoms with Gasteiger partial charge in [-0.05, 0) is 75.7 Å². The minimum absolute atomic E-state index is 0.0296. The lowest BCUT2D eigenvalue weighted by Crippen LogP contribution is -2.23. The lowest BCUT2D eigenvalue weighted by Gasteiger charge is -2.29. The number of methoxy groups -OCH3 is 1. The van der Waals surface area contributed by atoms with Crippen molar-refractivity contribution in [2.24, 2.45) is 17.8 Å². The summed E-state index contributed by atoms with van der Waals surface area (Å²) in [7, 11) is 1.84. The average molecular weight is 321 g/mol. The standard InChI is InChI=1S/C20H36OSi/c1-4-5-17-6-8-18(9-7-17)10-11-19-12-14-20(15-13-19)22-16(2)21-3/h4-5,10-11,16-20H,6-9,12-15,22H2,1-3H3/b5-4+,11-10+. The van der Waals surface area contributed by atoms with E-state index in [1.807, 2.05) is 7.11 Å². The number of allylic oxidation sites excluding steroid dienone is 4. The first-order valence-electron chi connectivity index (χ1n) is 9.55. The molecular weight excluding hydrogens is 284 g/mol. The molecule has 2 aliphatic rings. The molecule has 0 radical (unpaired) electrons. The van der Waals surface area contributed by atoms with Crippen molar-refractivity contribution in [1.29, 1.82) is 0 Å². The Morgan fingerprint density at radius 1 is 0.818 bits per heavy atom. The van der Waals surface area contributed by atoms with Gasteiger partial charge in [0.05, 0.1) is 9.52 Å². The van der Waals surface area contributed by atoms with Gasteiger partial charge in [-0.15, -0.1) is 0 Å². The Hall–Kier alpha value is -0.343. The van der Waals surface area contributed by atoms with Crippen LogP contribution in [0, 0.1) is 17.8 Å². The van der Waals surface area contributed by atoms with Crippen LogP contribution in [0.15, 0.2) is 24.3 Å². The van der Waals surface area contributed by atoms with Crippen LogP contribution in [0.3, 0.4) is 0 Å². The maximum Gasteiger partial charge on any atom is 0.0583 e. The molecule has 0 saturated heterocycles. The summed E-state index contributed by atoms with van der Waals surface area (Å²) in [6.07, 6.45) is 21.2. The van der Waals surface area contributed by atoms with Crippen molar-refractivity contribution in [3.05, 3.63) is 24.3 Å². The summed E-state index contributed by atoms with van der Waals surface area (Å²) in [5, 5.41) is 0. The van der Waals surface area contributed by atoms with Crippen LogP contribution in [-0.4, -0.2) is 22.4 Å². The topological polar surface area (TPSA) is 9.23 Å². The molecule has 2 aliphatic carbocycles. The van der Waals surface area contributed by atoms with Crippen LogP contribution in [0.2, 0.25) is 5.54 Å². The van der Waals surface area contributed by atoms with Crippen LogP contribution < -0.4 is 0 Å². The van der Waals surface area contributed by atoms with E-state index in [0.29, 0.717) is 5.73 Å². The molecule has 0 bridgehead atoms. The molecule has 0 aromatic heterocycles. The van der Waals surface area contributed by atoms with Crippen molar-refractivity contribution in [2.45, 2.75) is 76.5 Å². The van der Waals surface area contributed by atoms with Gasteiger partial charge in [0.15, 0.2) is 0 Å². The number of hydrogen-bond donors (Lipinski definition) is 0. The van der Waals surface area contributed by atoms with Gasteiger partial charge in [0.2, 0.25) is 0 Å². The smallest absolute Gasteiger partial charge is 0.0583 e. The lowest BCUT2D eigenvalue weighted by atomic mass is 9.80. The molecule has 0 spiro atoms. The number of ether oxygens (including phenoxy) is 1. The molecule has 1 unspecified atom stereocenters. The molecule has 2 heteroatoms. The van der Waals surface area contributed by atoms with E-state index in [2.05, 4.69) is 38.2 Å². The predicted molar refractivity (Wildman–Crippen MR) is 100 cm³/mol. The van der Waals surface area contributed by atoms with E-state index in [4.69, 9.17) is 4.74 Å². The second-order valence-corrected chi connectivity index (χ2v) is 10.4. The minimum Gasteiger partial charge on any atom is -0.386 e. The molecular formula is C20H36OSi. The minimum atomic E-state index is -0.0296. The molecule has 0 N–H and O–H groups in total. The van der Waals surface area contributed by atoms with Crippen LogP contribution in [0.1, 0.15) is 65.2 Å². The molecule has 126 valence electrons. The van der Waals surface area contributed by atoms with Gasteiger partial charge in [0.25, 0.3) is 0 Å². The largest absolute Gasteiger partial charge is 0.386 e. The summed E-state index contributed by atoms with van der Waals surface area (Å²) >= 11 is 0. The third-order valence-electron chi connectivity index (χ3n) is 5.90. The zero-order valence-electron chi connectivity index (χ0n) is 15.0. The second kappa shape index (κ2) is 9.72. The SMILES string of the molecule is C/C=C/C1CCC(/C=C/C2CCC([SiH2]C(C)OC)CC2)CC1. The van der Waals surface area contributed by atoms with E-state index in [1.165, 1.54) is 51.4 Å². The Morgan fingerprint density at radius 2 is 1.27 bits per heavy atom. The molecule has 0 aromatic carbocycles. The molecule has 0 aliphatic heterocycles. The number of hydrogen-bond acceptors (Lipinski definition) is 1. The van der Waals surface area contributed by atoms with Gasteiger partial charge in [0.1, 0.15) is 0 Å². The fourth-order valence-corrected chi connectivity index (χ4v) is 6.37.